The van der Waals surface area contributed by atoms with Gasteiger partial charge in [0.05, 0.1) is 10.9 Å². The van der Waals surface area contributed by atoms with Crippen LogP contribution >= 0.6 is 0 Å². The first-order valence-electron chi connectivity index (χ1n) is 9.07. The minimum absolute atomic E-state index is 0.0677. The minimum atomic E-state index is -3.52. The number of amides is 1. The standard InChI is InChI=1S/C20H25N3O5S/c1-22(2)17(15-7-10-18-19(11-15)28-13-27-18)12-21-20(24)14-5-8-16(9-6-14)29(25,26)23(3)4/h5-11,17H,12-13H2,1-4H3,(H,21,24)/t17-/m1/s1. The van der Waals surface area contributed by atoms with Crippen LogP contribution in [0.4, 0.5) is 0 Å². The summed E-state index contributed by atoms with van der Waals surface area (Å²) in [5, 5.41) is 2.92. The fourth-order valence-electron chi connectivity index (χ4n) is 3.00. The molecule has 1 heterocycles. The molecule has 156 valence electrons. The van der Waals surface area contributed by atoms with Crippen LogP contribution in [0.25, 0.3) is 0 Å². The van der Waals surface area contributed by atoms with Gasteiger partial charge in [-0.1, -0.05) is 6.07 Å². The van der Waals surface area contributed by atoms with Crippen molar-refractivity contribution >= 4 is 15.9 Å². The lowest BCUT2D eigenvalue weighted by Gasteiger charge is -2.25. The van der Waals surface area contributed by atoms with Gasteiger partial charge in [0.15, 0.2) is 11.5 Å². The number of nitrogens with zero attached hydrogens (tertiary/aromatic N) is 2. The summed E-state index contributed by atoms with van der Waals surface area (Å²) in [7, 11) is 3.27. The molecule has 0 saturated heterocycles. The third-order valence-electron chi connectivity index (χ3n) is 4.76. The number of carbonyl (C=O) groups is 1. The third kappa shape index (κ3) is 4.52. The number of sulfonamides is 1. The molecule has 0 saturated carbocycles. The summed E-state index contributed by atoms with van der Waals surface area (Å²) in [4.78, 5) is 14.7. The Bertz CT molecular complexity index is 988. The Balaban J connectivity index is 1.69. The maximum atomic E-state index is 12.6. The number of hydrogen-bond acceptors (Lipinski definition) is 6. The molecule has 9 heteroatoms. The molecule has 1 aliphatic heterocycles. The lowest BCUT2D eigenvalue weighted by molar-refractivity contribution is 0.0942. The summed E-state index contributed by atoms with van der Waals surface area (Å²) in [6, 6.07) is 11.6. The maximum absolute atomic E-state index is 12.6. The Morgan fingerprint density at radius 1 is 1.03 bits per heavy atom. The van der Waals surface area contributed by atoms with Crippen molar-refractivity contribution in [2.75, 3.05) is 41.5 Å². The van der Waals surface area contributed by atoms with Gasteiger partial charge in [0.1, 0.15) is 0 Å². The quantitative estimate of drug-likeness (QED) is 0.735. The average Bonchev–Trinajstić information content (AvgIpc) is 3.15. The van der Waals surface area contributed by atoms with Crippen molar-refractivity contribution in [2.24, 2.45) is 0 Å². The van der Waals surface area contributed by atoms with Crippen LogP contribution in [0.3, 0.4) is 0 Å². The fraction of sp³-hybridized carbons (Fsp3) is 0.350. The molecule has 0 spiro atoms. The van der Waals surface area contributed by atoms with Crippen LogP contribution in [-0.2, 0) is 10.0 Å². The summed E-state index contributed by atoms with van der Waals surface area (Å²) in [5.41, 5.74) is 1.39. The van der Waals surface area contributed by atoms with Gasteiger partial charge in [-0.2, -0.15) is 0 Å². The molecule has 0 aromatic heterocycles. The molecule has 0 unspecified atom stereocenters. The van der Waals surface area contributed by atoms with E-state index >= 15 is 0 Å². The van der Waals surface area contributed by atoms with E-state index in [4.69, 9.17) is 9.47 Å². The monoisotopic (exact) mass is 419 g/mol. The summed E-state index contributed by atoms with van der Waals surface area (Å²) in [6.45, 7) is 0.588. The first-order chi connectivity index (χ1) is 13.7. The number of rotatable bonds is 7. The molecular weight excluding hydrogens is 394 g/mol. The van der Waals surface area contributed by atoms with Crippen LogP contribution in [0.2, 0.25) is 0 Å². The molecule has 8 nitrogen and oxygen atoms in total. The van der Waals surface area contributed by atoms with Crippen LogP contribution in [0.5, 0.6) is 11.5 Å². The summed E-state index contributed by atoms with van der Waals surface area (Å²) in [5.74, 6) is 1.13. The van der Waals surface area contributed by atoms with Crippen LogP contribution in [0.1, 0.15) is 22.0 Å². The van der Waals surface area contributed by atoms with Crippen molar-refractivity contribution in [3.8, 4) is 11.5 Å². The summed E-state index contributed by atoms with van der Waals surface area (Å²) >= 11 is 0. The van der Waals surface area contributed by atoms with E-state index in [0.29, 0.717) is 23.6 Å². The molecule has 0 fully saturated rings. The Labute approximate surface area is 171 Å². The number of likely N-dealkylation sites (N-methyl/N-ethyl adjacent to an activating group) is 1. The van der Waals surface area contributed by atoms with Crippen LogP contribution in [-0.4, -0.2) is 65.1 Å². The Kier molecular flexibility index (Phi) is 6.11. The number of benzene rings is 2. The molecule has 1 amide bonds. The predicted octanol–water partition coefficient (Wildman–Crippen LogP) is 1.70. The number of nitrogens with one attached hydrogen (secondary N) is 1. The van der Waals surface area contributed by atoms with Crippen molar-refractivity contribution in [1.82, 2.24) is 14.5 Å². The van der Waals surface area contributed by atoms with E-state index in [-0.39, 0.29) is 23.6 Å². The highest BCUT2D eigenvalue weighted by Gasteiger charge is 2.21. The van der Waals surface area contributed by atoms with Crippen LogP contribution in [0.15, 0.2) is 47.4 Å². The normalized spacial score (nSPS) is 14.3. The highest BCUT2D eigenvalue weighted by atomic mass is 32.2. The first-order valence-corrected chi connectivity index (χ1v) is 10.5. The molecule has 3 rings (SSSR count). The summed E-state index contributed by atoms with van der Waals surface area (Å²) in [6.07, 6.45) is 0. The SMILES string of the molecule is CN(C)[C@H](CNC(=O)c1ccc(S(=O)(=O)N(C)C)cc1)c1ccc2c(c1)OCO2. The zero-order valence-corrected chi connectivity index (χ0v) is 17.7. The van der Waals surface area contributed by atoms with E-state index in [1.54, 1.807) is 0 Å². The zero-order chi connectivity index (χ0) is 21.2. The molecule has 0 bridgehead atoms. The Hall–Kier alpha value is -2.62. The van der Waals surface area contributed by atoms with Gasteiger partial charge in [0.25, 0.3) is 5.91 Å². The highest BCUT2D eigenvalue weighted by Crippen LogP contribution is 2.35. The van der Waals surface area contributed by atoms with E-state index in [2.05, 4.69) is 5.32 Å². The van der Waals surface area contributed by atoms with Crippen LogP contribution < -0.4 is 14.8 Å². The first kappa shape index (κ1) is 21.1. The molecule has 0 radical (unpaired) electrons. The van der Waals surface area contributed by atoms with Crippen molar-refractivity contribution in [3.05, 3.63) is 53.6 Å². The van der Waals surface area contributed by atoms with Crippen LogP contribution in [0, 0.1) is 0 Å². The van der Waals surface area contributed by atoms with E-state index in [1.165, 1.54) is 38.4 Å². The highest BCUT2D eigenvalue weighted by molar-refractivity contribution is 7.89. The molecule has 1 atom stereocenters. The lowest BCUT2D eigenvalue weighted by Crippen LogP contribution is -2.34. The minimum Gasteiger partial charge on any atom is -0.454 e. The van der Waals surface area contributed by atoms with Crippen molar-refractivity contribution in [1.29, 1.82) is 0 Å². The van der Waals surface area contributed by atoms with E-state index in [0.717, 1.165) is 9.87 Å². The second-order valence-electron chi connectivity index (χ2n) is 7.11. The van der Waals surface area contributed by atoms with Gasteiger partial charge in [-0.25, -0.2) is 12.7 Å². The number of hydrogen-bond donors (Lipinski definition) is 1. The maximum Gasteiger partial charge on any atom is 0.251 e. The molecule has 1 N–H and O–H groups in total. The molecular formula is C20H25N3O5S. The number of ether oxygens (including phenoxy) is 2. The Morgan fingerprint density at radius 3 is 2.31 bits per heavy atom. The van der Waals surface area contributed by atoms with Gasteiger partial charge in [0, 0.05) is 26.2 Å². The average molecular weight is 420 g/mol. The molecule has 2 aromatic carbocycles. The van der Waals surface area contributed by atoms with Gasteiger partial charge in [-0.15, -0.1) is 0 Å². The molecule has 0 aliphatic carbocycles. The third-order valence-corrected chi connectivity index (χ3v) is 6.59. The van der Waals surface area contributed by atoms with Gasteiger partial charge < -0.3 is 19.7 Å². The van der Waals surface area contributed by atoms with Gasteiger partial charge >= 0.3 is 0 Å². The number of carbonyl (C=O) groups excluding carboxylic acids is 1. The Morgan fingerprint density at radius 2 is 1.69 bits per heavy atom. The second kappa shape index (κ2) is 8.40. The number of fused-ring (bicyclic) bond motifs is 1. The van der Waals surface area contributed by atoms with Gasteiger partial charge in [-0.3, -0.25) is 4.79 Å². The van der Waals surface area contributed by atoms with Crippen molar-refractivity contribution < 1.29 is 22.7 Å². The van der Waals surface area contributed by atoms with Crippen molar-refractivity contribution in [2.45, 2.75) is 10.9 Å². The van der Waals surface area contributed by atoms with E-state index in [9.17, 15) is 13.2 Å². The lowest BCUT2D eigenvalue weighted by atomic mass is 10.0. The van der Waals surface area contributed by atoms with Crippen molar-refractivity contribution in [3.63, 3.8) is 0 Å². The zero-order valence-electron chi connectivity index (χ0n) is 16.9. The summed E-state index contributed by atoms with van der Waals surface area (Å²) < 4.78 is 36.2. The molecule has 2 aromatic rings. The smallest absolute Gasteiger partial charge is 0.251 e. The van der Waals surface area contributed by atoms with Gasteiger partial charge in [-0.05, 0) is 56.1 Å². The molecule has 1 aliphatic rings. The largest absolute Gasteiger partial charge is 0.454 e. The van der Waals surface area contributed by atoms with E-state index in [1.807, 2.05) is 37.2 Å². The fourth-order valence-corrected chi connectivity index (χ4v) is 3.90. The van der Waals surface area contributed by atoms with Gasteiger partial charge in [0.2, 0.25) is 16.8 Å². The second-order valence-corrected chi connectivity index (χ2v) is 9.27. The molecule has 29 heavy (non-hydrogen) atoms. The van der Waals surface area contributed by atoms with E-state index < -0.39 is 10.0 Å². The predicted molar refractivity (Wildman–Crippen MR) is 109 cm³/mol. The topological polar surface area (TPSA) is 88.2 Å².